The summed E-state index contributed by atoms with van der Waals surface area (Å²) in [6, 6.07) is 6.26. The van der Waals surface area contributed by atoms with Crippen LogP contribution in [0.2, 0.25) is 0 Å². The second-order valence-electron chi connectivity index (χ2n) is 4.99. The molecule has 0 bridgehead atoms. The molecule has 0 unspecified atom stereocenters. The number of anilines is 1. The number of aromatic nitrogens is 5. The van der Waals surface area contributed by atoms with Crippen molar-refractivity contribution in [2.24, 2.45) is 0 Å². The van der Waals surface area contributed by atoms with E-state index in [2.05, 4.69) is 55.3 Å². The molecule has 2 heterocycles. The fourth-order valence-corrected chi connectivity index (χ4v) is 2.52. The molecule has 7 heteroatoms. The summed E-state index contributed by atoms with van der Waals surface area (Å²) in [4.78, 5) is 8.59. The Balaban J connectivity index is 1.88. The molecule has 3 aromatic rings. The smallest absolute Gasteiger partial charge is 0.152 e. The van der Waals surface area contributed by atoms with Gasteiger partial charge >= 0.3 is 0 Å². The summed E-state index contributed by atoms with van der Waals surface area (Å²) >= 11 is 3.48. The van der Waals surface area contributed by atoms with Crippen LogP contribution in [0.15, 0.2) is 35.3 Å². The Morgan fingerprint density at radius 1 is 1.29 bits per heavy atom. The van der Waals surface area contributed by atoms with Crippen LogP contribution < -0.4 is 5.32 Å². The lowest BCUT2D eigenvalue weighted by Gasteiger charge is -2.12. The van der Waals surface area contributed by atoms with E-state index in [1.54, 1.807) is 12.7 Å². The maximum Gasteiger partial charge on any atom is 0.152 e. The predicted octanol–water partition coefficient (Wildman–Crippen LogP) is 3.18. The molecule has 0 aliphatic heterocycles. The molecule has 6 nitrogen and oxygen atoms in total. The van der Waals surface area contributed by atoms with Crippen LogP contribution in [0, 0.1) is 0 Å². The van der Waals surface area contributed by atoms with Gasteiger partial charge in [-0.25, -0.2) is 9.97 Å². The molecule has 0 radical (unpaired) electrons. The summed E-state index contributed by atoms with van der Waals surface area (Å²) in [6.07, 6.45) is 3.31. The fourth-order valence-electron chi connectivity index (χ4n) is 2.16. The lowest BCUT2D eigenvalue weighted by Crippen LogP contribution is -2.11. The van der Waals surface area contributed by atoms with Crippen molar-refractivity contribution < 1.29 is 0 Å². The summed E-state index contributed by atoms with van der Waals surface area (Å²) in [6.45, 7) is 4.77. The van der Waals surface area contributed by atoms with Gasteiger partial charge in [0.25, 0.3) is 0 Å². The van der Waals surface area contributed by atoms with E-state index in [1.165, 1.54) is 0 Å². The van der Waals surface area contributed by atoms with Crippen LogP contribution in [0.25, 0.3) is 10.9 Å². The Kier molecular flexibility index (Phi) is 3.83. The van der Waals surface area contributed by atoms with Crippen LogP contribution in [-0.2, 0) is 6.54 Å². The highest BCUT2D eigenvalue weighted by Gasteiger charge is 2.09. The summed E-state index contributed by atoms with van der Waals surface area (Å²) in [5.74, 6) is 1.67. The highest BCUT2D eigenvalue weighted by Crippen LogP contribution is 2.23. The van der Waals surface area contributed by atoms with E-state index in [4.69, 9.17) is 0 Å². The summed E-state index contributed by atoms with van der Waals surface area (Å²) in [5, 5.41) is 12.4. The number of fused-ring (bicyclic) bond motifs is 1. The van der Waals surface area contributed by atoms with Gasteiger partial charge in [-0.2, -0.15) is 0 Å². The van der Waals surface area contributed by atoms with Crippen LogP contribution in [0.4, 0.5) is 5.82 Å². The van der Waals surface area contributed by atoms with E-state index >= 15 is 0 Å². The lowest BCUT2D eigenvalue weighted by molar-refractivity contribution is 0.572. The Bertz CT molecular complexity index is 767. The minimum absolute atomic E-state index is 0.327. The quantitative estimate of drug-likeness (QED) is 0.785. The number of benzene rings is 1. The minimum Gasteiger partial charge on any atom is -0.362 e. The second-order valence-corrected chi connectivity index (χ2v) is 5.90. The molecule has 108 valence electrons. The first-order chi connectivity index (χ1) is 10.1. The molecule has 0 spiro atoms. The zero-order chi connectivity index (χ0) is 14.8. The monoisotopic (exact) mass is 346 g/mol. The molecule has 0 aliphatic carbocycles. The molecule has 0 fully saturated rings. The van der Waals surface area contributed by atoms with Gasteiger partial charge in [0, 0.05) is 15.9 Å². The number of hydrogen-bond donors (Lipinski definition) is 1. The van der Waals surface area contributed by atoms with Crippen molar-refractivity contribution in [2.75, 3.05) is 5.32 Å². The number of halogens is 1. The van der Waals surface area contributed by atoms with Crippen molar-refractivity contribution in [3.8, 4) is 0 Å². The molecule has 1 N–H and O–H groups in total. The molecule has 3 rings (SSSR count). The molecule has 0 atom stereocenters. The largest absolute Gasteiger partial charge is 0.362 e. The molecular weight excluding hydrogens is 332 g/mol. The first-order valence-electron chi connectivity index (χ1n) is 6.67. The fraction of sp³-hybridized carbons (Fsp3) is 0.286. The molecule has 0 saturated carbocycles. The van der Waals surface area contributed by atoms with Gasteiger partial charge in [0.2, 0.25) is 0 Å². The van der Waals surface area contributed by atoms with Gasteiger partial charge in [0.1, 0.15) is 18.5 Å². The first kappa shape index (κ1) is 13.9. The number of nitrogens with one attached hydrogen (secondary N) is 1. The number of rotatable bonds is 4. The Morgan fingerprint density at radius 2 is 2.14 bits per heavy atom. The van der Waals surface area contributed by atoms with Crippen LogP contribution in [0.5, 0.6) is 0 Å². The standard InChI is InChI=1S/C14H15BrN6/c1-9(2)21-8-19-20-13(21)6-16-14-11-5-10(15)3-4-12(11)17-7-18-14/h3-5,7-9H,6H2,1-2H3,(H,16,17,18). The average molecular weight is 347 g/mol. The highest BCUT2D eigenvalue weighted by molar-refractivity contribution is 9.10. The molecule has 0 amide bonds. The van der Waals surface area contributed by atoms with E-state index in [0.29, 0.717) is 12.6 Å². The zero-order valence-electron chi connectivity index (χ0n) is 11.8. The Morgan fingerprint density at radius 3 is 2.95 bits per heavy atom. The minimum atomic E-state index is 0.327. The van der Waals surface area contributed by atoms with E-state index in [0.717, 1.165) is 27.0 Å². The first-order valence-corrected chi connectivity index (χ1v) is 7.47. The lowest BCUT2D eigenvalue weighted by atomic mass is 10.2. The predicted molar refractivity (Wildman–Crippen MR) is 85.0 cm³/mol. The van der Waals surface area contributed by atoms with Crippen molar-refractivity contribution in [1.82, 2.24) is 24.7 Å². The summed E-state index contributed by atoms with van der Waals surface area (Å²) in [7, 11) is 0. The van der Waals surface area contributed by atoms with E-state index < -0.39 is 0 Å². The Labute approximate surface area is 130 Å². The second kappa shape index (κ2) is 5.77. The maximum atomic E-state index is 4.32. The number of nitrogens with zero attached hydrogens (tertiary/aromatic N) is 5. The third kappa shape index (κ3) is 2.87. The van der Waals surface area contributed by atoms with Gasteiger partial charge in [-0.15, -0.1) is 10.2 Å². The average Bonchev–Trinajstić information content (AvgIpc) is 2.93. The highest BCUT2D eigenvalue weighted by atomic mass is 79.9. The van der Waals surface area contributed by atoms with Crippen molar-refractivity contribution in [2.45, 2.75) is 26.4 Å². The normalized spacial score (nSPS) is 11.2. The number of hydrogen-bond acceptors (Lipinski definition) is 5. The van der Waals surface area contributed by atoms with Gasteiger partial charge in [-0.05, 0) is 32.0 Å². The summed E-state index contributed by atoms with van der Waals surface area (Å²) < 4.78 is 3.03. The van der Waals surface area contributed by atoms with Crippen molar-refractivity contribution in [3.05, 3.63) is 41.2 Å². The molecule has 1 aromatic carbocycles. The van der Waals surface area contributed by atoms with E-state index in [9.17, 15) is 0 Å². The molecule has 0 saturated heterocycles. The van der Waals surface area contributed by atoms with Crippen molar-refractivity contribution in [1.29, 1.82) is 0 Å². The van der Waals surface area contributed by atoms with E-state index in [-0.39, 0.29) is 0 Å². The van der Waals surface area contributed by atoms with Crippen LogP contribution >= 0.6 is 15.9 Å². The maximum absolute atomic E-state index is 4.32. The third-order valence-electron chi connectivity index (χ3n) is 3.21. The molecular formula is C14H15BrN6. The SMILES string of the molecule is CC(C)n1cnnc1CNc1ncnc2ccc(Br)cc12. The van der Waals surface area contributed by atoms with Gasteiger partial charge in [-0.3, -0.25) is 0 Å². The van der Waals surface area contributed by atoms with Gasteiger partial charge in [0.15, 0.2) is 5.82 Å². The van der Waals surface area contributed by atoms with Gasteiger partial charge < -0.3 is 9.88 Å². The van der Waals surface area contributed by atoms with E-state index in [1.807, 2.05) is 22.8 Å². The van der Waals surface area contributed by atoms with Crippen LogP contribution in [0.1, 0.15) is 25.7 Å². The Hall–Kier alpha value is -2.02. The molecule has 2 aromatic heterocycles. The summed E-state index contributed by atoms with van der Waals surface area (Å²) in [5.41, 5.74) is 0.904. The zero-order valence-corrected chi connectivity index (χ0v) is 13.4. The topological polar surface area (TPSA) is 68.5 Å². The van der Waals surface area contributed by atoms with Crippen LogP contribution in [0.3, 0.4) is 0 Å². The third-order valence-corrected chi connectivity index (χ3v) is 3.71. The molecule has 0 aliphatic rings. The van der Waals surface area contributed by atoms with Crippen LogP contribution in [-0.4, -0.2) is 24.7 Å². The van der Waals surface area contributed by atoms with Gasteiger partial charge in [-0.1, -0.05) is 15.9 Å². The van der Waals surface area contributed by atoms with Gasteiger partial charge in [0.05, 0.1) is 12.1 Å². The van der Waals surface area contributed by atoms with Crippen molar-refractivity contribution in [3.63, 3.8) is 0 Å². The molecule has 21 heavy (non-hydrogen) atoms. The van der Waals surface area contributed by atoms with Crippen molar-refractivity contribution >= 4 is 32.7 Å².